The van der Waals surface area contributed by atoms with E-state index >= 15 is 0 Å². The van der Waals surface area contributed by atoms with Gasteiger partial charge in [0.2, 0.25) is 0 Å². The van der Waals surface area contributed by atoms with Crippen LogP contribution in [-0.2, 0) is 6.54 Å². The molecule has 0 aromatic carbocycles. The molecule has 19 heavy (non-hydrogen) atoms. The predicted molar refractivity (Wildman–Crippen MR) is 71.6 cm³/mol. The lowest BCUT2D eigenvalue weighted by molar-refractivity contribution is -0.384. The molecule has 2 heterocycles. The second kappa shape index (κ2) is 5.30. The average molecular weight is 259 g/mol. The van der Waals surface area contributed by atoms with E-state index < -0.39 is 4.92 Å². The highest BCUT2D eigenvalue weighted by Crippen LogP contribution is 2.22. The van der Waals surface area contributed by atoms with Crippen molar-refractivity contribution in [3.8, 4) is 0 Å². The smallest absolute Gasteiger partial charge is 0.276 e. The molecule has 0 unspecified atom stereocenters. The van der Waals surface area contributed by atoms with Gasteiger partial charge in [-0.15, -0.1) is 0 Å². The first-order valence-corrected chi connectivity index (χ1v) is 5.58. The molecule has 0 fully saturated rings. The third kappa shape index (κ3) is 3.15. The molecule has 7 nitrogen and oxygen atoms in total. The third-order valence-electron chi connectivity index (χ3n) is 2.56. The van der Waals surface area contributed by atoms with Crippen LogP contribution in [0.5, 0.6) is 0 Å². The van der Waals surface area contributed by atoms with Crippen molar-refractivity contribution >= 4 is 17.3 Å². The molecular formula is C12H13N5O2. The van der Waals surface area contributed by atoms with E-state index in [9.17, 15) is 10.1 Å². The summed E-state index contributed by atoms with van der Waals surface area (Å²) in [4.78, 5) is 20.2. The maximum Gasteiger partial charge on any atom is 0.276 e. The standard InChI is InChI=1S/C12H13N5O2/c1-16(8-9-3-2-4-14-7-9)12-6-10(17(18)19)5-11(13)15-12/h2-7H,8H2,1H3,(H2,13,15). The van der Waals surface area contributed by atoms with Crippen molar-refractivity contribution < 1.29 is 4.92 Å². The summed E-state index contributed by atoms with van der Waals surface area (Å²) in [6.45, 7) is 0.543. The van der Waals surface area contributed by atoms with Crippen LogP contribution in [0.1, 0.15) is 5.56 Å². The fraction of sp³-hybridized carbons (Fsp3) is 0.167. The Balaban J connectivity index is 2.24. The van der Waals surface area contributed by atoms with Crippen LogP contribution in [0, 0.1) is 10.1 Å². The minimum absolute atomic E-state index is 0.0689. The highest BCUT2D eigenvalue weighted by atomic mass is 16.6. The lowest BCUT2D eigenvalue weighted by Gasteiger charge is -2.18. The number of aromatic nitrogens is 2. The minimum atomic E-state index is -0.487. The molecule has 0 bridgehead atoms. The molecule has 0 saturated heterocycles. The van der Waals surface area contributed by atoms with E-state index in [-0.39, 0.29) is 11.5 Å². The van der Waals surface area contributed by atoms with Gasteiger partial charge in [-0.2, -0.15) is 0 Å². The molecule has 0 aliphatic heterocycles. The molecule has 0 saturated carbocycles. The van der Waals surface area contributed by atoms with E-state index in [2.05, 4.69) is 9.97 Å². The second-order valence-electron chi connectivity index (χ2n) is 4.08. The Labute approximate surface area is 109 Å². The van der Waals surface area contributed by atoms with Crippen molar-refractivity contribution in [2.24, 2.45) is 0 Å². The van der Waals surface area contributed by atoms with Gasteiger partial charge in [0.05, 0.1) is 17.1 Å². The number of nitrogen functional groups attached to an aromatic ring is 1. The Kier molecular flexibility index (Phi) is 3.56. The van der Waals surface area contributed by atoms with Crippen LogP contribution in [0.15, 0.2) is 36.7 Å². The Bertz CT molecular complexity index is 588. The first-order valence-electron chi connectivity index (χ1n) is 5.58. The molecule has 0 amide bonds. The Morgan fingerprint density at radius 2 is 2.26 bits per heavy atom. The molecular weight excluding hydrogens is 246 g/mol. The van der Waals surface area contributed by atoms with E-state index in [1.807, 2.05) is 12.1 Å². The average Bonchev–Trinajstić information content (AvgIpc) is 2.39. The van der Waals surface area contributed by atoms with Crippen LogP contribution < -0.4 is 10.6 Å². The summed E-state index contributed by atoms with van der Waals surface area (Å²) in [5, 5.41) is 10.8. The number of anilines is 2. The van der Waals surface area contributed by atoms with Crippen molar-refractivity contribution in [2.45, 2.75) is 6.54 Å². The van der Waals surface area contributed by atoms with Crippen LogP contribution in [-0.4, -0.2) is 21.9 Å². The van der Waals surface area contributed by atoms with Gasteiger partial charge in [0, 0.05) is 26.0 Å². The number of pyridine rings is 2. The van der Waals surface area contributed by atoms with Gasteiger partial charge >= 0.3 is 0 Å². The lowest BCUT2D eigenvalue weighted by Crippen LogP contribution is -2.18. The van der Waals surface area contributed by atoms with Gasteiger partial charge in [0.15, 0.2) is 0 Å². The van der Waals surface area contributed by atoms with Gasteiger partial charge in [-0.05, 0) is 11.6 Å². The zero-order chi connectivity index (χ0) is 13.8. The van der Waals surface area contributed by atoms with Crippen LogP contribution in [0.2, 0.25) is 0 Å². The van der Waals surface area contributed by atoms with E-state index in [0.717, 1.165) is 5.56 Å². The highest BCUT2D eigenvalue weighted by molar-refractivity contribution is 5.53. The monoisotopic (exact) mass is 259 g/mol. The summed E-state index contributed by atoms with van der Waals surface area (Å²) in [6.07, 6.45) is 3.42. The topological polar surface area (TPSA) is 98.2 Å². The van der Waals surface area contributed by atoms with Gasteiger partial charge in [0.1, 0.15) is 11.6 Å². The summed E-state index contributed by atoms with van der Waals surface area (Å²) in [5.41, 5.74) is 6.49. The van der Waals surface area contributed by atoms with Gasteiger partial charge in [-0.1, -0.05) is 6.07 Å². The zero-order valence-corrected chi connectivity index (χ0v) is 10.4. The van der Waals surface area contributed by atoms with Crippen molar-refractivity contribution in [3.05, 3.63) is 52.3 Å². The predicted octanol–water partition coefficient (Wildman–Crippen LogP) is 1.60. The highest BCUT2D eigenvalue weighted by Gasteiger charge is 2.12. The number of nitrogens with two attached hydrogens (primary N) is 1. The molecule has 0 radical (unpaired) electrons. The minimum Gasteiger partial charge on any atom is -0.383 e. The maximum absolute atomic E-state index is 10.8. The molecule has 0 aliphatic rings. The first kappa shape index (κ1) is 12.7. The van der Waals surface area contributed by atoms with Gasteiger partial charge in [-0.25, -0.2) is 4.98 Å². The molecule has 2 rings (SSSR count). The summed E-state index contributed by atoms with van der Waals surface area (Å²) >= 11 is 0. The van der Waals surface area contributed by atoms with Crippen LogP contribution >= 0.6 is 0 Å². The summed E-state index contributed by atoms with van der Waals surface area (Å²) in [6, 6.07) is 6.39. The van der Waals surface area contributed by atoms with E-state index in [4.69, 9.17) is 5.73 Å². The molecule has 0 aliphatic carbocycles. The SMILES string of the molecule is CN(Cc1cccnc1)c1cc([N+](=O)[O-])cc(N)n1. The summed E-state index contributed by atoms with van der Waals surface area (Å²) in [7, 11) is 1.79. The number of rotatable bonds is 4. The molecule has 2 aromatic rings. The van der Waals surface area contributed by atoms with Crippen molar-refractivity contribution in [1.82, 2.24) is 9.97 Å². The largest absolute Gasteiger partial charge is 0.383 e. The molecule has 2 aromatic heterocycles. The molecule has 98 valence electrons. The Morgan fingerprint density at radius 3 is 2.89 bits per heavy atom. The van der Waals surface area contributed by atoms with Crippen LogP contribution in [0.4, 0.5) is 17.3 Å². The van der Waals surface area contributed by atoms with E-state index in [1.165, 1.54) is 12.1 Å². The molecule has 7 heteroatoms. The summed E-state index contributed by atoms with van der Waals surface area (Å²) in [5.74, 6) is 0.581. The van der Waals surface area contributed by atoms with Gasteiger partial charge < -0.3 is 10.6 Å². The lowest BCUT2D eigenvalue weighted by atomic mass is 10.2. The van der Waals surface area contributed by atoms with Crippen molar-refractivity contribution in [2.75, 3.05) is 17.7 Å². The zero-order valence-electron chi connectivity index (χ0n) is 10.4. The third-order valence-corrected chi connectivity index (χ3v) is 2.56. The van der Waals surface area contributed by atoms with E-state index in [0.29, 0.717) is 12.4 Å². The molecule has 0 spiro atoms. The molecule has 0 atom stereocenters. The number of hydrogen-bond acceptors (Lipinski definition) is 6. The van der Waals surface area contributed by atoms with E-state index in [1.54, 1.807) is 24.3 Å². The number of hydrogen-bond donors (Lipinski definition) is 1. The summed E-state index contributed by atoms with van der Waals surface area (Å²) < 4.78 is 0. The van der Waals surface area contributed by atoms with Crippen molar-refractivity contribution in [1.29, 1.82) is 0 Å². The Hall–Kier alpha value is -2.70. The maximum atomic E-state index is 10.8. The van der Waals surface area contributed by atoms with Crippen LogP contribution in [0.25, 0.3) is 0 Å². The van der Waals surface area contributed by atoms with Gasteiger partial charge in [-0.3, -0.25) is 15.1 Å². The molecule has 2 N–H and O–H groups in total. The normalized spacial score (nSPS) is 10.2. The number of nitrogens with zero attached hydrogens (tertiary/aromatic N) is 4. The quantitative estimate of drug-likeness (QED) is 0.661. The number of nitro groups is 1. The second-order valence-corrected chi connectivity index (χ2v) is 4.08. The van der Waals surface area contributed by atoms with Crippen molar-refractivity contribution in [3.63, 3.8) is 0 Å². The first-order chi connectivity index (χ1) is 9.06. The van der Waals surface area contributed by atoms with Gasteiger partial charge in [0.25, 0.3) is 5.69 Å². The van der Waals surface area contributed by atoms with Crippen LogP contribution in [0.3, 0.4) is 0 Å². The fourth-order valence-electron chi connectivity index (χ4n) is 1.67. The Morgan fingerprint density at radius 1 is 1.47 bits per heavy atom. The fourth-order valence-corrected chi connectivity index (χ4v) is 1.67.